The minimum Gasteiger partial charge on any atom is -0.354 e. The molecule has 0 bridgehead atoms. The maximum absolute atomic E-state index is 13.8. The normalized spacial score (nSPS) is 13.9. The lowest BCUT2D eigenvalue weighted by molar-refractivity contribution is -0.141. The fourth-order valence-corrected chi connectivity index (χ4v) is 5.73. The lowest BCUT2D eigenvalue weighted by atomic mass is 10.0. The van der Waals surface area contributed by atoms with Crippen molar-refractivity contribution in [3.8, 4) is 0 Å². The van der Waals surface area contributed by atoms with E-state index in [4.69, 9.17) is 0 Å². The van der Waals surface area contributed by atoms with Gasteiger partial charge < -0.3 is 10.2 Å². The standard InChI is InChI=1S/C31H36FN3O4S/c1-2-3-21-33-31(37)30(25-7-5-4-6-8-25)35(22-24-9-14-26(32)15-10-24)29(36)20-13-23-11-18-28(19-12-23)40(38,39)34-27-16-17-27/h4-12,14-15,18-19,27,30,34H,2-3,13,16-17,20-22H2,1H3,(H,33,37). The van der Waals surface area contributed by atoms with Gasteiger partial charge in [0.1, 0.15) is 11.9 Å². The van der Waals surface area contributed by atoms with Crippen molar-refractivity contribution in [1.29, 1.82) is 0 Å². The van der Waals surface area contributed by atoms with Gasteiger partial charge in [-0.15, -0.1) is 0 Å². The van der Waals surface area contributed by atoms with Crippen molar-refractivity contribution in [3.63, 3.8) is 0 Å². The molecule has 212 valence electrons. The van der Waals surface area contributed by atoms with Crippen LogP contribution in [0.15, 0.2) is 83.8 Å². The first-order valence-electron chi connectivity index (χ1n) is 13.7. The molecule has 40 heavy (non-hydrogen) atoms. The Balaban J connectivity index is 1.54. The summed E-state index contributed by atoms with van der Waals surface area (Å²) in [5.74, 6) is -0.889. The highest BCUT2D eigenvalue weighted by molar-refractivity contribution is 7.89. The van der Waals surface area contributed by atoms with Crippen LogP contribution in [0.4, 0.5) is 4.39 Å². The Labute approximate surface area is 235 Å². The van der Waals surface area contributed by atoms with E-state index in [-0.39, 0.29) is 41.5 Å². The van der Waals surface area contributed by atoms with Crippen molar-refractivity contribution >= 4 is 21.8 Å². The predicted octanol–water partition coefficient (Wildman–Crippen LogP) is 4.89. The Kier molecular flexibility index (Phi) is 10.1. The van der Waals surface area contributed by atoms with Crippen LogP contribution in [0, 0.1) is 5.82 Å². The molecule has 1 atom stereocenters. The van der Waals surface area contributed by atoms with E-state index in [9.17, 15) is 22.4 Å². The van der Waals surface area contributed by atoms with Crippen LogP contribution in [0.5, 0.6) is 0 Å². The SMILES string of the molecule is CCCCNC(=O)C(c1ccccc1)N(Cc1ccc(F)cc1)C(=O)CCc1ccc(S(=O)(=O)NC2CC2)cc1. The number of hydrogen-bond acceptors (Lipinski definition) is 4. The molecular formula is C31H36FN3O4S. The topological polar surface area (TPSA) is 95.6 Å². The zero-order chi connectivity index (χ0) is 28.5. The number of rotatable bonds is 14. The first-order chi connectivity index (χ1) is 19.3. The summed E-state index contributed by atoms with van der Waals surface area (Å²) in [7, 11) is -3.55. The van der Waals surface area contributed by atoms with E-state index in [0.29, 0.717) is 24.1 Å². The Hall–Kier alpha value is -3.56. The van der Waals surface area contributed by atoms with Crippen LogP contribution < -0.4 is 10.0 Å². The summed E-state index contributed by atoms with van der Waals surface area (Å²) < 4.78 is 41.2. The van der Waals surface area contributed by atoms with E-state index < -0.39 is 16.1 Å². The highest BCUT2D eigenvalue weighted by atomic mass is 32.2. The van der Waals surface area contributed by atoms with Gasteiger partial charge >= 0.3 is 0 Å². The fourth-order valence-electron chi connectivity index (χ4n) is 4.42. The van der Waals surface area contributed by atoms with Crippen molar-refractivity contribution in [2.75, 3.05) is 6.54 Å². The van der Waals surface area contributed by atoms with Crippen LogP contribution in [0.25, 0.3) is 0 Å². The first-order valence-corrected chi connectivity index (χ1v) is 15.2. The third-order valence-electron chi connectivity index (χ3n) is 6.85. The van der Waals surface area contributed by atoms with E-state index in [1.54, 1.807) is 41.3 Å². The zero-order valence-electron chi connectivity index (χ0n) is 22.7. The molecule has 3 aromatic carbocycles. The molecule has 0 saturated heterocycles. The molecule has 7 nitrogen and oxygen atoms in total. The van der Waals surface area contributed by atoms with Gasteiger partial charge in [0.25, 0.3) is 0 Å². The van der Waals surface area contributed by atoms with Crippen molar-refractivity contribution in [2.24, 2.45) is 0 Å². The molecule has 1 aliphatic rings. The fraction of sp³-hybridized carbons (Fsp3) is 0.355. The van der Waals surface area contributed by atoms with Crippen LogP contribution in [0.1, 0.15) is 61.8 Å². The second-order valence-corrected chi connectivity index (χ2v) is 11.9. The third kappa shape index (κ3) is 8.22. The molecule has 0 aromatic heterocycles. The van der Waals surface area contributed by atoms with Crippen LogP contribution in [0.3, 0.4) is 0 Å². The van der Waals surface area contributed by atoms with Crippen molar-refractivity contribution in [1.82, 2.24) is 14.9 Å². The lowest BCUT2D eigenvalue weighted by Gasteiger charge is -2.32. The Morgan fingerprint density at radius 2 is 1.60 bits per heavy atom. The van der Waals surface area contributed by atoms with Crippen LogP contribution in [-0.4, -0.2) is 37.7 Å². The van der Waals surface area contributed by atoms with Gasteiger partial charge in [0.15, 0.2) is 0 Å². The molecule has 1 fully saturated rings. The van der Waals surface area contributed by atoms with Gasteiger partial charge in [0.2, 0.25) is 21.8 Å². The molecule has 2 N–H and O–H groups in total. The molecule has 0 spiro atoms. The molecule has 0 radical (unpaired) electrons. The van der Waals surface area contributed by atoms with E-state index in [2.05, 4.69) is 10.0 Å². The van der Waals surface area contributed by atoms with Gasteiger partial charge in [-0.2, -0.15) is 0 Å². The minimum absolute atomic E-state index is 0.0196. The third-order valence-corrected chi connectivity index (χ3v) is 8.39. The molecule has 1 saturated carbocycles. The number of carbonyl (C=O) groups excluding carboxylic acids is 2. The van der Waals surface area contributed by atoms with E-state index >= 15 is 0 Å². The highest BCUT2D eigenvalue weighted by Gasteiger charge is 2.31. The maximum atomic E-state index is 13.8. The average molecular weight is 566 g/mol. The number of nitrogens with zero attached hydrogens (tertiary/aromatic N) is 1. The van der Waals surface area contributed by atoms with Crippen LogP contribution >= 0.6 is 0 Å². The first kappa shape index (κ1) is 29.4. The summed E-state index contributed by atoms with van der Waals surface area (Å²) in [6.07, 6.45) is 3.93. The van der Waals surface area contributed by atoms with E-state index in [1.165, 1.54) is 12.1 Å². The van der Waals surface area contributed by atoms with Crippen LogP contribution in [-0.2, 0) is 32.6 Å². The molecule has 9 heteroatoms. The number of nitrogens with one attached hydrogen (secondary N) is 2. The molecule has 2 amide bonds. The zero-order valence-corrected chi connectivity index (χ0v) is 23.5. The van der Waals surface area contributed by atoms with Gasteiger partial charge in [0.05, 0.1) is 4.90 Å². The summed E-state index contributed by atoms with van der Waals surface area (Å²) in [6.45, 7) is 2.67. The quantitative estimate of drug-likeness (QED) is 0.272. The number of halogens is 1. The lowest BCUT2D eigenvalue weighted by Crippen LogP contribution is -2.43. The highest BCUT2D eigenvalue weighted by Crippen LogP contribution is 2.26. The number of unbranched alkanes of at least 4 members (excludes halogenated alkanes) is 1. The summed E-state index contributed by atoms with van der Waals surface area (Å²) in [5, 5.41) is 2.97. The number of amides is 2. The second kappa shape index (κ2) is 13.7. The Morgan fingerprint density at radius 3 is 2.23 bits per heavy atom. The summed E-state index contributed by atoms with van der Waals surface area (Å²) >= 11 is 0. The summed E-state index contributed by atoms with van der Waals surface area (Å²) in [4.78, 5) is 29.0. The summed E-state index contributed by atoms with van der Waals surface area (Å²) in [5.41, 5.74) is 2.20. The van der Waals surface area contributed by atoms with Gasteiger partial charge in [-0.25, -0.2) is 17.5 Å². The molecule has 1 unspecified atom stereocenters. The minimum atomic E-state index is -3.55. The Bertz CT molecular complexity index is 1380. The molecule has 1 aliphatic carbocycles. The van der Waals surface area contributed by atoms with Gasteiger partial charge in [-0.05, 0) is 66.6 Å². The smallest absolute Gasteiger partial charge is 0.247 e. The van der Waals surface area contributed by atoms with Crippen molar-refractivity contribution in [3.05, 3.63) is 101 Å². The predicted molar refractivity (Wildman–Crippen MR) is 152 cm³/mol. The number of aryl methyl sites for hydroxylation is 1. The molecular weight excluding hydrogens is 529 g/mol. The number of sulfonamides is 1. The van der Waals surface area contributed by atoms with E-state index in [0.717, 1.165) is 31.2 Å². The van der Waals surface area contributed by atoms with Gasteiger partial charge in [-0.3, -0.25) is 9.59 Å². The second-order valence-electron chi connectivity index (χ2n) is 10.1. The van der Waals surface area contributed by atoms with Crippen molar-refractivity contribution < 1.29 is 22.4 Å². The summed E-state index contributed by atoms with van der Waals surface area (Å²) in [6, 6.07) is 20.7. The largest absolute Gasteiger partial charge is 0.354 e. The number of benzene rings is 3. The van der Waals surface area contributed by atoms with E-state index in [1.807, 2.05) is 37.3 Å². The molecule has 4 rings (SSSR count). The number of hydrogen-bond donors (Lipinski definition) is 2. The van der Waals surface area contributed by atoms with Gasteiger partial charge in [-0.1, -0.05) is 67.9 Å². The average Bonchev–Trinajstić information content (AvgIpc) is 3.77. The van der Waals surface area contributed by atoms with Crippen LogP contribution in [0.2, 0.25) is 0 Å². The molecule has 3 aromatic rings. The van der Waals surface area contributed by atoms with Gasteiger partial charge in [0, 0.05) is 25.6 Å². The monoisotopic (exact) mass is 565 g/mol. The Morgan fingerprint density at radius 1 is 0.950 bits per heavy atom. The number of carbonyl (C=O) groups is 2. The maximum Gasteiger partial charge on any atom is 0.247 e. The van der Waals surface area contributed by atoms with Crippen molar-refractivity contribution in [2.45, 2.75) is 69.0 Å². The molecule has 0 heterocycles. The molecule has 0 aliphatic heterocycles.